The zero-order valence-electron chi connectivity index (χ0n) is 6.16. The van der Waals surface area contributed by atoms with E-state index in [2.05, 4.69) is 4.74 Å². The van der Waals surface area contributed by atoms with Crippen molar-refractivity contribution in [2.75, 3.05) is 0 Å². The minimum Gasteiger partial charge on any atom is -0.404 e. The van der Waals surface area contributed by atoms with E-state index >= 15 is 0 Å². The van der Waals surface area contributed by atoms with Crippen LogP contribution in [0.25, 0.3) is 0 Å². The number of hydrogen-bond acceptors (Lipinski definition) is 2. The monoisotopic (exact) mass is 235 g/mol. The number of hydrogen-bond donors (Lipinski definition) is 0. The fourth-order valence-electron chi connectivity index (χ4n) is 0.637. The zero-order chi connectivity index (χ0) is 11.0. The van der Waals surface area contributed by atoms with Crippen molar-refractivity contribution in [1.82, 2.24) is 0 Å². The van der Waals surface area contributed by atoms with E-state index in [1.54, 1.807) is 5.38 Å². The van der Waals surface area contributed by atoms with Gasteiger partial charge in [0.2, 0.25) is 0 Å². The Morgan fingerprint density at radius 3 is 2.14 bits per heavy atom. The van der Waals surface area contributed by atoms with E-state index in [-0.39, 0.29) is 0 Å². The number of rotatable bonds is 1. The second-order valence-electron chi connectivity index (χ2n) is 2.13. The number of halogens is 6. The molecule has 0 bridgehead atoms. The minimum atomic E-state index is -5.14. The van der Waals surface area contributed by atoms with Crippen molar-refractivity contribution in [1.29, 1.82) is 0 Å². The van der Waals surface area contributed by atoms with Crippen LogP contribution >= 0.6 is 11.3 Å². The quantitative estimate of drug-likeness (QED) is 0.677. The lowest BCUT2D eigenvalue weighted by Crippen LogP contribution is -2.19. The summed E-state index contributed by atoms with van der Waals surface area (Å²) in [5, 5.41) is 2.25. The summed E-state index contributed by atoms with van der Waals surface area (Å²) in [7, 11) is 0. The first-order valence-corrected chi connectivity index (χ1v) is 3.90. The van der Waals surface area contributed by atoms with Gasteiger partial charge in [-0.1, -0.05) is 0 Å². The zero-order valence-corrected chi connectivity index (χ0v) is 6.98. The first-order chi connectivity index (χ1) is 6.20. The van der Waals surface area contributed by atoms with Gasteiger partial charge in [0.1, 0.15) is 5.56 Å². The first kappa shape index (κ1) is 11.2. The van der Waals surface area contributed by atoms with Crippen molar-refractivity contribution in [3.05, 3.63) is 16.3 Å². The van der Waals surface area contributed by atoms with Gasteiger partial charge in [-0.2, -0.15) is 13.2 Å². The lowest BCUT2D eigenvalue weighted by molar-refractivity contribution is -0.276. The summed E-state index contributed by atoms with van der Waals surface area (Å²) in [5.74, 6) is -1.34. The highest BCUT2D eigenvalue weighted by Gasteiger charge is 2.40. The summed E-state index contributed by atoms with van der Waals surface area (Å²) in [5.41, 5.74) is -1.47. The van der Waals surface area contributed by atoms with Gasteiger partial charge in [-0.15, -0.1) is 24.5 Å². The molecule has 1 aromatic rings. The molecule has 8 heteroatoms. The van der Waals surface area contributed by atoms with Gasteiger partial charge in [-0.25, -0.2) is 0 Å². The molecular weight excluding hydrogens is 234 g/mol. The number of alkyl halides is 6. The summed E-state index contributed by atoms with van der Waals surface area (Å²) in [4.78, 5) is 0. The Morgan fingerprint density at radius 2 is 1.71 bits per heavy atom. The summed E-state index contributed by atoms with van der Waals surface area (Å²) < 4.78 is 73.9. The Hall–Kier alpha value is -0.920. The van der Waals surface area contributed by atoms with Crippen LogP contribution in [0.15, 0.2) is 5.38 Å². The maximum Gasteiger partial charge on any atom is 0.573 e. The molecule has 0 atom stereocenters. The molecule has 0 saturated heterocycles. The molecule has 1 aromatic heterocycles. The van der Waals surface area contributed by atoms with Crippen LogP contribution in [0.1, 0.15) is 5.56 Å². The van der Waals surface area contributed by atoms with Crippen molar-refractivity contribution in [2.24, 2.45) is 0 Å². The van der Waals surface area contributed by atoms with Gasteiger partial charge in [-0.05, 0) is 0 Å². The molecule has 1 nitrogen and oxygen atoms in total. The van der Waals surface area contributed by atoms with Gasteiger partial charge in [0.15, 0.2) is 5.75 Å². The molecule has 0 spiro atoms. The van der Waals surface area contributed by atoms with Gasteiger partial charge >= 0.3 is 12.5 Å². The van der Waals surface area contributed by atoms with Crippen LogP contribution in [0, 0.1) is 5.38 Å². The molecule has 0 N–H and O–H groups in total. The number of ether oxygens (including phenoxy) is 1. The molecule has 0 amide bonds. The Kier molecular flexibility index (Phi) is 2.66. The molecule has 0 aromatic carbocycles. The van der Waals surface area contributed by atoms with Crippen LogP contribution in [0.5, 0.6) is 5.75 Å². The maximum atomic E-state index is 12.0. The van der Waals surface area contributed by atoms with Crippen LogP contribution in [0.3, 0.4) is 0 Å². The molecule has 0 aliphatic carbocycles. The molecule has 0 saturated carbocycles. The molecule has 1 heterocycles. The topological polar surface area (TPSA) is 9.23 Å². The minimum absolute atomic E-state index is 0.364. The fraction of sp³-hybridized carbons (Fsp3) is 0.333. The SMILES string of the molecule is FC(F)(F)Oc1[c]scc1C(F)(F)F. The van der Waals surface area contributed by atoms with Crippen molar-refractivity contribution in [3.8, 4) is 5.75 Å². The van der Waals surface area contributed by atoms with Crippen molar-refractivity contribution < 1.29 is 31.1 Å². The molecule has 0 aliphatic rings. The highest BCUT2D eigenvalue weighted by atomic mass is 32.1. The van der Waals surface area contributed by atoms with E-state index in [9.17, 15) is 26.3 Å². The summed E-state index contributed by atoms with van der Waals surface area (Å²) in [6.07, 6.45) is -10.0. The van der Waals surface area contributed by atoms with Gasteiger partial charge in [0.05, 0.1) is 5.38 Å². The van der Waals surface area contributed by atoms with Crippen LogP contribution in [-0.2, 0) is 6.18 Å². The molecule has 0 aliphatic heterocycles. The largest absolute Gasteiger partial charge is 0.573 e. The normalized spacial score (nSPS) is 13.0. The Labute approximate surface area is 77.9 Å². The predicted molar refractivity (Wildman–Crippen MR) is 34.8 cm³/mol. The summed E-state index contributed by atoms with van der Waals surface area (Å²) >= 11 is 0.364. The third-order valence-corrected chi connectivity index (χ3v) is 1.75. The highest BCUT2D eigenvalue weighted by Crippen LogP contribution is 2.40. The van der Waals surface area contributed by atoms with Gasteiger partial charge < -0.3 is 4.74 Å². The average Bonchev–Trinajstić information content (AvgIpc) is 2.29. The highest BCUT2D eigenvalue weighted by molar-refractivity contribution is 7.07. The molecule has 14 heavy (non-hydrogen) atoms. The van der Waals surface area contributed by atoms with Gasteiger partial charge in [0.25, 0.3) is 0 Å². The van der Waals surface area contributed by atoms with E-state index in [0.717, 1.165) is 0 Å². The van der Waals surface area contributed by atoms with E-state index in [4.69, 9.17) is 0 Å². The third kappa shape index (κ3) is 2.79. The second kappa shape index (κ2) is 3.34. The van der Waals surface area contributed by atoms with Crippen LogP contribution in [0.4, 0.5) is 26.3 Å². The van der Waals surface area contributed by atoms with Crippen molar-refractivity contribution in [2.45, 2.75) is 12.5 Å². The smallest absolute Gasteiger partial charge is 0.404 e. The molecular formula is C6HF6OS. The molecule has 79 valence electrons. The van der Waals surface area contributed by atoms with Crippen molar-refractivity contribution in [3.63, 3.8) is 0 Å². The van der Waals surface area contributed by atoms with E-state index in [0.29, 0.717) is 16.7 Å². The molecule has 1 radical (unpaired) electrons. The fourth-order valence-corrected chi connectivity index (χ4v) is 1.31. The van der Waals surface area contributed by atoms with E-state index in [1.807, 2.05) is 0 Å². The lowest BCUT2D eigenvalue weighted by atomic mass is 10.3. The summed E-state index contributed by atoms with van der Waals surface area (Å²) in [6.45, 7) is 0. The second-order valence-corrected chi connectivity index (χ2v) is 2.80. The third-order valence-electron chi connectivity index (χ3n) is 1.10. The molecule has 0 unspecified atom stereocenters. The van der Waals surface area contributed by atoms with Crippen LogP contribution in [0.2, 0.25) is 0 Å². The van der Waals surface area contributed by atoms with Crippen molar-refractivity contribution >= 4 is 11.3 Å². The first-order valence-electron chi connectivity index (χ1n) is 3.02. The standard InChI is InChI=1S/C6HF6OS/c7-5(8,9)3-1-14-2-4(3)13-6(10,11)12/h1H. The van der Waals surface area contributed by atoms with Crippen LogP contribution < -0.4 is 4.74 Å². The Morgan fingerprint density at radius 1 is 1.14 bits per heavy atom. The van der Waals surface area contributed by atoms with E-state index in [1.165, 1.54) is 0 Å². The van der Waals surface area contributed by atoms with Crippen LogP contribution in [-0.4, -0.2) is 6.36 Å². The van der Waals surface area contributed by atoms with Gasteiger partial charge in [-0.3, -0.25) is 0 Å². The Balaban J connectivity index is 2.95. The Bertz CT molecular complexity index is 311. The molecule has 1 rings (SSSR count). The molecule has 0 fully saturated rings. The predicted octanol–water partition coefficient (Wildman–Crippen LogP) is 3.47. The summed E-state index contributed by atoms with van der Waals surface area (Å²) in [6, 6.07) is 0. The maximum absolute atomic E-state index is 12.0. The van der Waals surface area contributed by atoms with Gasteiger partial charge in [0, 0.05) is 5.38 Å². The number of thiophene rings is 1. The lowest BCUT2D eigenvalue weighted by Gasteiger charge is -2.10. The van der Waals surface area contributed by atoms with E-state index < -0.39 is 23.9 Å². The average molecular weight is 235 g/mol.